The molecule has 0 saturated carbocycles. The van der Waals surface area contributed by atoms with Gasteiger partial charge in [0, 0.05) is 0 Å². The van der Waals surface area contributed by atoms with Crippen molar-refractivity contribution in [3.63, 3.8) is 0 Å². The quantitative estimate of drug-likeness (QED) is 0.695. The van der Waals surface area contributed by atoms with Crippen LogP contribution in [0.4, 0.5) is 5.82 Å². The summed E-state index contributed by atoms with van der Waals surface area (Å²) in [5, 5.41) is 13.5. The minimum atomic E-state index is 0.710. The highest BCUT2D eigenvalue weighted by molar-refractivity contribution is 5.85. The molecule has 1 aliphatic heterocycles. The predicted molar refractivity (Wildman–Crippen MR) is 114 cm³/mol. The van der Waals surface area contributed by atoms with Gasteiger partial charge >= 0.3 is 0 Å². The summed E-state index contributed by atoms with van der Waals surface area (Å²) in [6.45, 7) is 6.81. The molecule has 0 spiro atoms. The fourth-order valence-electron chi connectivity index (χ4n) is 4.45. The molecule has 0 radical (unpaired) electrons. The number of fused-ring (bicyclic) bond motifs is 3. The summed E-state index contributed by atoms with van der Waals surface area (Å²) in [5.74, 6) is 1.06. The summed E-state index contributed by atoms with van der Waals surface area (Å²) >= 11 is 0. The van der Waals surface area contributed by atoms with Gasteiger partial charge in [0.05, 0.1) is 42.8 Å². The number of pyridine rings is 1. The molecule has 3 heterocycles. The molecule has 0 unspecified atom stereocenters. The average molecular weight is 377 g/mol. The number of imidazole rings is 1. The first kappa shape index (κ1) is 18.8. The van der Waals surface area contributed by atoms with Crippen LogP contribution in [0, 0.1) is 11.3 Å². The van der Waals surface area contributed by atoms with Crippen LogP contribution in [0.3, 0.4) is 0 Å². The number of para-hydroxylation sites is 2. The van der Waals surface area contributed by atoms with Gasteiger partial charge in [-0.2, -0.15) is 5.26 Å². The Bertz CT molecular complexity index is 990. The Morgan fingerprint density at radius 3 is 2.71 bits per heavy atom. The lowest BCUT2D eigenvalue weighted by Gasteiger charge is -2.18. The second-order valence-corrected chi connectivity index (χ2v) is 7.89. The van der Waals surface area contributed by atoms with Gasteiger partial charge < -0.3 is 10.2 Å². The van der Waals surface area contributed by atoms with Gasteiger partial charge in [0.1, 0.15) is 11.9 Å². The second kappa shape index (κ2) is 8.62. The van der Waals surface area contributed by atoms with Crippen LogP contribution in [-0.2, 0) is 6.42 Å². The molecule has 4 rings (SSSR count). The Hall–Kier alpha value is -2.58. The molecule has 3 aromatic rings. The number of anilines is 1. The molecule has 1 saturated heterocycles. The van der Waals surface area contributed by atoms with E-state index in [9.17, 15) is 5.26 Å². The van der Waals surface area contributed by atoms with E-state index < -0.39 is 0 Å². The predicted octanol–water partition coefficient (Wildman–Crippen LogP) is 3.18. The van der Waals surface area contributed by atoms with E-state index in [1.165, 1.54) is 38.8 Å². The van der Waals surface area contributed by atoms with Crippen LogP contribution in [0.2, 0.25) is 0 Å². The number of hydrogen-bond acceptors (Lipinski definition) is 3. The Morgan fingerprint density at radius 1 is 1.18 bits per heavy atom. The molecular weight excluding hydrogens is 346 g/mol. The fraction of sp³-hybridized carbons (Fsp3) is 0.478. The Morgan fingerprint density at radius 2 is 1.96 bits per heavy atom. The summed E-state index contributed by atoms with van der Waals surface area (Å²) in [4.78, 5) is 6.50. The van der Waals surface area contributed by atoms with Gasteiger partial charge in [-0.05, 0) is 55.9 Å². The van der Waals surface area contributed by atoms with Crippen molar-refractivity contribution < 1.29 is 4.90 Å². The number of aromatic nitrogens is 2. The van der Waals surface area contributed by atoms with Gasteiger partial charge in [-0.25, -0.2) is 4.98 Å². The van der Waals surface area contributed by atoms with Gasteiger partial charge in [-0.3, -0.25) is 4.40 Å². The van der Waals surface area contributed by atoms with E-state index >= 15 is 0 Å². The normalized spacial score (nSPS) is 15.6. The SMILES string of the molecule is CCCc1cc(NCC[NH+]2CCCCCC2)n2c(nc3ccccc32)c1C#N. The lowest BCUT2D eigenvalue weighted by atomic mass is 10.1. The first-order valence-corrected chi connectivity index (χ1v) is 10.7. The molecule has 146 valence electrons. The van der Waals surface area contributed by atoms with E-state index in [0.717, 1.165) is 54.0 Å². The molecule has 1 aliphatic rings. The van der Waals surface area contributed by atoms with Crippen LogP contribution in [0.5, 0.6) is 0 Å². The summed E-state index contributed by atoms with van der Waals surface area (Å²) < 4.78 is 2.13. The van der Waals surface area contributed by atoms with Crippen LogP contribution >= 0.6 is 0 Å². The van der Waals surface area contributed by atoms with Crippen LogP contribution in [0.25, 0.3) is 16.7 Å². The molecule has 0 amide bonds. The number of benzene rings is 1. The number of rotatable bonds is 6. The minimum Gasteiger partial charge on any atom is -0.365 e. The van der Waals surface area contributed by atoms with Crippen molar-refractivity contribution in [3.8, 4) is 6.07 Å². The molecule has 2 aromatic heterocycles. The molecule has 0 aliphatic carbocycles. The fourth-order valence-corrected chi connectivity index (χ4v) is 4.45. The van der Waals surface area contributed by atoms with Crippen molar-refractivity contribution in [2.75, 3.05) is 31.5 Å². The van der Waals surface area contributed by atoms with Crippen molar-refractivity contribution in [2.45, 2.75) is 45.4 Å². The average Bonchev–Trinajstić information content (AvgIpc) is 2.90. The molecule has 28 heavy (non-hydrogen) atoms. The largest absolute Gasteiger partial charge is 0.365 e. The molecule has 5 heteroatoms. The summed E-state index contributed by atoms with van der Waals surface area (Å²) in [5.41, 5.74) is 4.58. The Kier molecular flexibility index (Phi) is 5.78. The third kappa shape index (κ3) is 3.70. The zero-order valence-electron chi connectivity index (χ0n) is 16.8. The van der Waals surface area contributed by atoms with Crippen LogP contribution in [0.1, 0.15) is 50.2 Å². The first-order valence-electron chi connectivity index (χ1n) is 10.7. The molecule has 1 fully saturated rings. The Labute approximate surface area is 167 Å². The van der Waals surface area contributed by atoms with Crippen LogP contribution in [-0.4, -0.2) is 35.6 Å². The van der Waals surface area contributed by atoms with E-state index in [0.29, 0.717) is 5.56 Å². The number of aryl methyl sites for hydroxylation is 1. The topological polar surface area (TPSA) is 57.6 Å². The highest BCUT2D eigenvalue weighted by atomic mass is 15.2. The van der Waals surface area contributed by atoms with E-state index in [-0.39, 0.29) is 0 Å². The van der Waals surface area contributed by atoms with Gasteiger partial charge in [-0.1, -0.05) is 25.5 Å². The number of nitriles is 1. The minimum absolute atomic E-state index is 0.710. The van der Waals surface area contributed by atoms with Crippen molar-refractivity contribution in [1.82, 2.24) is 9.38 Å². The molecule has 5 nitrogen and oxygen atoms in total. The lowest BCUT2D eigenvalue weighted by molar-refractivity contribution is -0.897. The van der Waals surface area contributed by atoms with Gasteiger partial charge in [-0.15, -0.1) is 0 Å². The molecule has 2 N–H and O–H groups in total. The maximum absolute atomic E-state index is 9.80. The summed E-state index contributed by atoms with van der Waals surface area (Å²) in [7, 11) is 0. The highest BCUT2D eigenvalue weighted by Crippen LogP contribution is 2.27. The molecule has 0 bridgehead atoms. The van der Waals surface area contributed by atoms with Crippen molar-refractivity contribution in [2.24, 2.45) is 0 Å². The van der Waals surface area contributed by atoms with Crippen molar-refractivity contribution in [1.29, 1.82) is 5.26 Å². The van der Waals surface area contributed by atoms with Gasteiger partial charge in [0.2, 0.25) is 0 Å². The summed E-state index contributed by atoms with van der Waals surface area (Å²) in [6.07, 6.45) is 7.38. The zero-order chi connectivity index (χ0) is 19.3. The van der Waals surface area contributed by atoms with E-state index in [4.69, 9.17) is 4.98 Å². The number of quaternary nitrogens is 1. The molecule has 0 atom stereocenters. The smallest absolute Gasteiger partial charge is 0.157 e. The molecule has 1 aromatic carbocycles. The summed E-state index contributed by atoms with van der Waals surface area (Å²) in [6, 6.07) is 12.7. The second-order valence-electron chi connectivity index (χ2n) is 7.89. The highest BCUT2D eigenvalue weighted by Gasteiger charge is 2.17. The number of nitrogens with zero attached hydrogens (tertiary/aromatic N) is 3. The Balaban J connectivity index is 1.68. The maximum Gasteiger partial charge on any atom is 0.157 e. The third-order valence-electron chi connectivity index (χ3n) is 5.88. The lowest BCUT2D eigenvalue weighted by Crippen LogP contribution is -3.12. The van der Waals surface area contributed by atoms with E-state index in [1.54, 1.807) is 4.90 Å². The van der Waals surface area contributed by atoms with Crippen LogP contribution < -0.4 is 10.2 Å². The first-order chi connectivity index (χ1) is 13.8. The van der Waals surface area contributed by atoms with Gasteiger partial charge in [0.25, 0.3) is 0 Å². The van der Waals surface area contributed by atoms with E-state index in [1.807, 2.05) is 18.2 Å². The number of hydrogen-bond donors (Lipinski definition) is 2. The third-order valence-corrected chi connectivity index (χ3v) is 5.88. The molecular formula is C23H30N5+. The standard InChI is InChI=1S/C23H29N5/c1-2-9-18-16-22(25-12-15-27-13-7-3-4-8-14-27)28-21-11-6-5-10-20(21)26-23(28)19(18)17-24/h5-6,10-11,16,25H,2-4,7-9,12-15H2,1H3/p+1. The maximum atomic E-state index is 9.80. The van der Waals surface area contributed by atoms with Crippen LogP contribution in [0.15, 0.2) is 30.3 Å². The zero-order valence-corrected chi connectivity index (χ0v) is 16.8. The monoisotopic (exact) mass is 376 g/mol. The van der Waals surface area contributed by atoms with Crippen molar-refractivity contribution in [3.05, 3.63) is 41.5 Å². The van der Waals surface area contributed by atoms with Gasteiger partial charge in [0.15, 0.2) is 5.65 Å². The van der Waals surface area contributed by atoms with E-state index in [2.05, 4.69) is 34.8 Å². The van der Waals surface area contributed by atoms with Crippen molar-refractivity contribution >= 4 is 22.5 Å². The number of nitrogens with one attached hydrogen (secondary N) is 2. The number of likely N-dealkylation sites (tertiary alicyclic amines) is 1.